The molecule has 3 aromatic rings. The average molecular weight is 789 g/mol. The van der Waals surface area contributed by atoms with Crippen molar-refractivity contribution in [3.8, 4) is 11.5 Å². The zero-order valence-electron chi connectivity index (χ0n) is 35.5. The highest BCUT2D eigenvalue weighted by Gasteiger charge is 2.31. The first kappa shape index (κ1) is 48.5. The molecule has 9 heteroatoms. The number of anilines is 1. The Hall–Kier alpha value is -2.52. The van der Waals surface area contributed by atoms with Crippen molar-refractivity contribution in [3.63, 3.8) is 0 Å². The molecule has 0 aliphatic carbocycles. The van der Waals surface area contributed by atoms with Crippen LogP contribution in [0.4, 0.5) is 5.69 Å². The molecular weight excluding hydrogens is 718 g/mol. The summed E-state index contributed by atoms with van der Waals surface area (Å²) in [6.45, 7) is 38.2. The smallest absolute Gasteiger partial charge is 0.251 e. The summed E-state index contributed by atoms with van der Waals surface area (Å²) in [7, 11) is 0. The van der Waals surface area contributed by atoms with Crippen LogP contribution >= 0.6 is 35.9 Å². The van der Waals surface area contributed by atoms with Gasteiger partial charge in [0, 0.05) is 56.4 Å². The van der Waals surface area contributed by atoms with Gasteiger partial charge in [-0.25, -0.2) is 0 Å². The number of halogens is 1. The number of nitrogens with zero attached hydrogens (tertiary/aromatic N) is 1. The lowest BCUT2D eigenvalue weighted by Gasteiger charge is -2.31. The molecule has 0 saturated heterocycles. The van der Waals surface area contributed by atoms with Crippen molar-refractivity contribution < 1.29 is 15.0 Å². The third-order valence-corrected chi connectivity index (χ3v) is 11.3. The first-order valence-electron chi connectivity index (χ1n) is 18.6. The first-order valence-corrected chi connectivity index (χ1v) is 20.2. The lowest BCUT2D eigenvalue weighted by Crippen LogP contribution is -2.34. The van der Waals surface area contributed by atoms with Gasteiger partial charge in [0.25, 0.3) is 5.91 Å². The number of hydrogen-bond acceptors (Lipinski definition) is 7. The van der Waals surface area contributed by atoms with Crippen molar-refractivity contribution in [1.82, 2.24) is 10.2 Å². The van der Waals surface area contributed by atoms with Crippen LogP contribution in [0.2, 0.25) is 0 Å². The molecule has 0 bridgehead atoms. The predicted molar refractivity (Wildman–Crippen MR) is 235 cm³/mol. The van der Waals surface area contributed by atoms with Crippen LogP contribution in [-0.4, -0.2) is 51.3 Å². The van der Waals surface area contributed by atoms with Gasteiger partial charge in [0.1, 0.15) is 11.5 Å². The fourth-order valence-corrected chi connectivity index (χ4v) is 8.40. The number of aromatic hydroxyl groups is 2. The summed E-state index contributed by atoms with van der Waals surface area (Å²) >= 11 is 3.66. The molecule has 5 N–H and O–H groups in total. The lowest BCUT2D eigenvalue weighted by molar-refractivity contribution is 0.0949. The molecular formula is C44H70ClN3O3S2. The molecule has 0 aliphatic rings. The normalized spacial score (nSPS) is 12.5. The van der Waals surface area contributed by atoms with Gasteiger partial charge in [-0.1, -0.05) is 96.9 Å². The monoisotopic (exact) mass is 787 g/mol. The molecule has 0 aromatic heterocycles. The third kappa shape index (κ3) is 14.6. The molecule has 0 saturated carbocycles. The van der Waals surface area contributed by atoms with E-state index >= 15 is 0 Å². The van der Waals surface area contributed by atoms with Gasteiger partial charge in [-0.2, -0.15) is 0 Å². The topological polar surface area (TPSA) is 98.8 Å². The van der Waals surface area contributed by atoms with Crippen molar-refractivity contribution in [1.29, 1.82) is 0 Å². The maximum Gasteiger partial charge on any atom is 0.251 e. The maximum atomic E-state index is 11.7. The number of carbonyl (C=O) groups excluding carboxylic acids is 1. The quantitative estimate of drug-likeness (QED) is 0.0922. The van der Waals surface area contributed by atoms with Gasteiger partial charge >= 0.3 is 0 Å². The summed E-state index contributed by atoms with van der Waals surface area (Å²) in [5, 5.41) is 25.1. The van der Waals surface area contributed by atoms with Gasteiger partial charge in [-0.05, 0) is 97.1 Å². The van der Waals surface area contributed by atoms with Crippen molar-refractivity contribution in [2.24, 2.45) is 0 Å². The number of likely N-dealkylation sites (N-methyl/N-ethyl adjacent to an activating group) is 1. The highest BCUT2D eigenvalue weighted by Crippen LogP contribution is 2.51. The highest BCUT2D eigenvalue weighted by atomic mass is 35.5. The van der Waals surface area contributed by atoms with E-state index in [0.717, 1.165) is 41.9 Å². The van der Waals surface area contributed by atoms with Gasteiger partial charge in [0.05, 0.1) is 4.08 Å². The van der Waals surface area contributed by atoms with Gasteiger partial charge in [0.15, 0.2) is 0 Å². The summed E-state index contributed by atoms with van der Waals surface area (Å²) < 4.78 is -0.164. The molecule has 0 heterocycles. The number of hydrogen-bond donors (Lipinski definition) is 4. The Morgan fingerprint density at radius 3 is 1.25 bits per heavy atom. The summed E-state index contributed by atoms with van der Waals surface area (Å²) in [5.74, 6) is 0.795. The largest absolute Gasteiger partial charge is 0.507 e. The minimum Gasteiger partial charge on any atom is -0.507 e. The lowest BCUT2D eigenvalue weighted by atomic mass is 9.79. The Bertz CT molecular complexity index is 1490. The van der Waals surface area contributed by atoms with E-state index in [1.807, 2.05) is 23.5 Å². The van der Waals surface area contributed by atoms with E-state index in [2.05, 4.69) is 145 Å². The molecule has 3 rings (SSSR count). The minimum absolute atomic E-state index is 0. The number of phenols is 2. The van der Waals surface area contributed by atoms with E-state index < -0.39 is 0 Å². The summed E-state index contributed by atoms with van der Waals surface area (Å²) in [6.07, 6.45) is 0. The van der Waals surface area contributed by atoms with Crippen LogP contribution in [0.5, 0.6) is 11.5 Å². The number of thioether (sulfide) groups is 2. The average Bonchev–Trinajstić information content (AvgIpc) is 2.99. The second-order valence-corrected chi connectivity index (χ2v) is 21.9. The standard InChI is InChI=1S/C31H48O2S2.C13H21N3O.ClH/c1-27(2,3)21-15-19(16-22(25(21)32)28(4,5)6)34-31(13,14)35-20-17-23(29(7,8)9)26(33)24(18-20)30(10,11)12;1-3-16(4-2)10-9-15-13(17)11-5-7-12(14)8-6-11;/h15-18,32-33H,1-14H3;5-8H,3-4,9-10,14H2,1-2H3,(H,15,17);1H. The Kier molecular flexibility index (Phi) is 17.3. The molecule has 0 aliphatic heterocycles. The van der Waals surface area contributed by atoms with Crippen LogP contribution in [0.25, 0.3) is 0 Å². The van der Waals surface area contributed by atoms with Gasteiger partial charge < -0.3 is 26.2 Å². The van der Waals surface area contributed by atoms with E-state index in [9.17, 15) is 15.0 Å². The Morgan fingerprint density at radius 2 is 0.962 bits per heavy atom. The fourth-order valence-electron chi connectivity index (χ4n) is 5.81. The SMILES string of the molecule is CC(C)(Sc1cc(C(C)(C)C)c(O)c(C(C)(C)C)c1)Sc1cc(C(C)(C)C)c(O)c(C(C)(C)C)c1.CCN(CC)CCNC(=O)c1ccc(N)cc1.Cl. The Balaban J connectivity index is 0.000000655. The summed E-state index contributed by atoms with van der Waals surface area (Å²) in [4.78, 5) is 16.3. The third-order valence-electron chi connectivity index (χ3n) is 8.91. The number of amides is 1. The highest BCUT2D eigenvalue weighted by molar-refractivity contribution is 8.18. The molecule has 3 aromatic carbocycles. The molecule has 6 nitrogen and oxygen atoms in total. The maximum absolute atomic E-state index is 11.7. The van der Waals surface area contributed by atoms with Crippen LogP contribution in [0.3, 0.4) is 0 Å². The van der Waals surface area contributed by atoms with E-state index in [1.54, 1.807) is 24.3 Å². The number of nitrogen functional groups attached to an aromatic ring is 1. The van der Waals surface area contributed by atoms with Crippen LogP contribution < -0.4 is 11.1 Å². The minimum atomic E-state index is -0.164. The van der Waals surface area contributed by atoms with Crippen molar-refractivity contribution in [3.05, 3.63) is 76.3 Å². The van der Waals surface area contributed by atoms with Crippen molar-refractivity contribution >= 4 is 47.5 Å². The predicted octanol–water partition coefficient (Wildman–Crippen LogP) is 11.7. The molecule has 298 valence electrons. The van der Waals surface area contributed by atoms with Crippen LogP contribution in [0, 0.1) is 0 Å². The summed E-state index contributed by atoms with van der Waals surface area (Å²) in [6, 6.07) is 15.6. The molecule has 0 unspecified atom stereocenters. The van der Waals surface area contributed by atoms with E-state index in [0.29, 0.717) is 29.3 Å². The van der Waals surface area contributed by atoms with Crippen molar-refractivity contribution in [2.75, 3.05) is 31.9 Å². The molecule has 0 atom stereocenters. The molecule has 0 spiro atoms. The molecule has 0 radical (unpaired) electrons. The van der Waals surface area contributed by atoms with Gasteiger partial charge in [-0.3, -0.25) is 4.79 Å². The van der Waals surface area contributed by atoms with E-state index in [4.69, 9.17) is 5.73 Å². The number of nitrogens with one attached hydrogen (secondary N) is 1. The second kappa shape index (κ2) is 18.9. The first-order chi connectivity index (χ1) is 23.6. The van der Waals surface area contributed by atoms with Gasteiger partial charge in [0.2, 0.25) is 0 Å². The number of carbonyl (C=O) groups is 1. The van der Waals surface area contributed by atoms with E-state index in [1.165, 1.54) is 9.79 Å². The van der Waals surface area contributed by atoms with Crippen LogP contribution in [0.15, 0.2) is 58.3 Å². The number of phenolic OH excluding ortho intramolecular Hbond substituents is 2. The summed E-state index contributed by atoms with van der Waals surface area (Å²) in [5.41, 5.74) is 10.2. The van der Waals surface area contributed by atoms with E-state index in [-0.39, 0.29) is 44.1 Å². The molecule has 53 heavy (non-hydrogen) atoms. The van der Waals surface area contributed by atoms with Gasteiger partial charge in [-0.15, -0.1) is 35.9 Å². The molecule has 0 fully saturated rings. The number of benzene rings is 3. The fraction of sp³-hybridized carbons (Fsp3) is 0.568. The number of rotatable bonds is 10. The zero-order chi connectivity index (χ0) is 40.0. The molecule has 1 amide bonds. The zero-order valence-corrected chi connectivity index (χ0v) is 37.9. The van der Waals surface area contributed by atoms with Crippen LogP contribution in [0.1, 0.15) is 143 Å². The van der Waals surface area contributed by atoms with Crippen molar-refractivity contribution in [2.45, 2.75) is 146 Å². The number of nitrogens with two attached hydrogens (primary N) is 1. The second-order valence-electron chi connectivity index (χ2n) is 18.2. The Morgan fingerprint density at radius 1 is 0.642 bits per heavy atom. The van der Waals surface area contributed by atoms with Crippen LogP contribution in [-0.2, 0) is 21.7 Å². The Labute approximate surface area is 337 Å².